The highest BCUT2D eigenvalue weighted by molar-refractivity contribution is 5.85. The fourth-order valence-electron chi connectivity index (χ4n) is 1.24. The van der Waals surface area contributed by atoms with Crippen LogP contribution in [0.15, 0.2) is 34.9 Å². The molecule has 2 aromatic rings. The second kappa shape index (κ2) is 3.57. The first kappa shape index (κ1) is 9.45. The van der Waals surface area contributed by atoms with Crippen molar-refractivity contribution < 1.29 is 14.4 Å². The summed E-state index contributed by atoms with van der Waals surface area (Å²) in [7, 11) is 0. The molecule has 2 rings (SSSR count). The molecule has 1 aromatic heterocycles. The average Bonchev–Trinajstić information content (AvgIpc) is 2.68. The summed E-state index contributed by atoms with van der Waals surface area (Å²) >= 11 is 0. The number of aromatic nitrogens is 1. The van der Waals surface area contributed by atoms with Gasteiger partial charge >= 0.3 is 5.97 Å². The Morgan fingerprint density at radius 2 is 2.00 bits per heavy atom. The first-order valence-corrected chi connectivity index (χ1v) is 4.44. The van der Waals surface area contributed by atoms with Gasteiger partial charge in [0.25, 0.3) is 0 Å². The minimum absolute atomic E-state index is 0.148. The van der Waals surface area contributed by atoms with Crippen molar-refractivity contribution in [2.24, 2.45) is 0 Å². The highest BCUT2D eigenvalue weighted by atomic mass is 16.5. The van der Waals surface area contributed by atoms with E-state index < -0.39 is 5.97 Å². The van der Waals surface area contributed by atoms with Crippen molar-refractivity contribution in [3.63, 3.8) is 0 Å². The van der Waals surface area contributed by atoms with Crippen molar-refractivity contribution in [1.82, 2.24) is 5.16 Å². The highest BCUT2D eigenvalue weighted by Gasteiger charge is 2.11. The Hall–Kier alpha value is -2.10. The minimum atomic E-state index is -1.11. The predicted molar refractivity (Wildman–Crippen MR) is 53.6 cm³/mol. The van der Waals surface area contributed by atoms with Crippen LogP contribution in [0.1, 0.15) is 16.1 Å². The van der Waals surface area contributed by atoms with Crippen molar-refractivity contribution >= 4 is 5.97 Å². The van der Waals surface area contributed by atoms with E-state index >= 15 is 0 Å². The summed E-state index contributed by atoms with van der Waals surface area (Å²) in [5.41, 5.74) is 2.52. The number of rotatable bonds is 2. The molecule has 0 atom stereocenters. The Balaban J connectivity index is 2.37. The molecule has 0 spiro atoms. The number of nitrogens with zero attached hydrogens (tertiary/aromatic N) is 1. The van der Waals surface area contributed by atoms with Gasteiger partial charge in [-0.1, -0.05) is 35.0 Å². The van der Waals surface area contributed by atoms with Crippen LogP contribution < -0.4 is 0 Å². The van der Waals surface area contributed by atoms with Gasteiger partial charge in [0, 0.05) is 11.6 Å². The highest BCUT2D eigenvalue weighted by Crippen LogP contribution is 2.19. The summed E-state index contributed by atoms with van der Waals surface area (Å²) in [4.78, 5) is 10.6. The monoisotopic (exact) mass is 203 g/mol. The van der Waals surface area contributed by atoms with Gasteiger partial charge in [0.1, 0.15) is 5.69 Å². The second-order valence-corrected chi connectivity index (χ2v) is 3.25. The Labute approximate surface area is 86.1 Å². The number of hydrogen-bond acceptors (Lipinski definition) is 3. The Bertz CT molecular complexity index is 485. The van der Waals surface area contributed by atoms with Crippen molar-refractivity contribution in [1.29, 1.82) is 0 Å². The first-order valence-electron chi connectivity index (χ1n) is 4.44. The quantitative estimate of drug-likeness (QED) is 0.813. The number of carboxylic acids is 1. The first-order chi connectivity index (χ1) is 7.16. The smallest absolute Gasteiger partial charge is 0.374 e. The molecule has 0 bridgehead atoms. The lowest BCUT2D eigenvalue weighted by atomic mass is 10.1. The van der Waals surface area contributed by atoms with Crippen molar-refractivity contribution in [2.75, 3.05) is 0 Å². The van der Waals surface area contributed by atoms with Gasteiger partial charge in [0.05, 0.1) is 0 Å². The van der Waals surface area contributed by atoms with E-state index in [9.17, 15) is 4.79 Å². The number of aromatic carboxylic acids is 1. The van der Waals surface area contributed by atoms with Crippen LogP contribution in [0.5, 0.6) is 0 Å². The Morgan fingerprint density at radius 1 is 1.33 bits per heavy atom. The molecule has 0 aliphatic rings. The molecule has 1 aromatic carbocycles. The number of carbonyl (C=O) groups is 1. The van der Waals surface area contributed by atoms with Gasteiger partial charge in [0.2, 0.25) is 5.76 Å². The second-order valence-electron chi connectivity index (χ2n) is 3.25. The van der Waals surface area contributed by atoms with E-state index in [2.05, 4.69) is 9.68 Å². The van der Waals surface area contributed by atoms with Crippen LogP contribution in [0.4, 0.5) is 0 Å². The molecule has 0 aliphatic carbocycles. The molecule has 0 fully saturated rings. The van der Waals surface area contributed by atoms with Gasteiger partial charge in [0.15, 0.2) is 0 Å². The molecular weight excluding hydrogens is 194 g/mol. The third-order valence-corrected chi connectivity index (χ3v) is 2.07. The molecular formula is C11H9NO3. The molecule has 0 aliphatic heterocycles. The number of aryl methyl sites for hydroxylation is 1. The van der Waals surface area contributed by atoms with Crippen LogP contribution in [-0.2, 0) is 0 Å². The van der Waals surface area contributed by atoms with E-state index in [1.54, 1.807) is 0 Å². The molecule has 4 heteroatoms. The molecule has 0 unspecified atom stereocenters. The maximum Gasteiger partial charge on any atom is 0.374 e. The van der Waals surface area contributed by atoms with Gasteiger partial charge in [-0.25, -0.2) is 4.79 Å². The van der Waals surface area contributed by atoms with Crippen LogP contribution in [0.3, 0.4) is 0 Å². The molecule has 1 heterocycles. The third kappa shape index (κ3) is 1.88. The fraction of sp³-hybridized carbons (Fsp3) is 0.0909. The van der Waals surface area contributed by atoms with Gasteiger partial charge in [-0.05, 0) is 6.92 Å². The SMILES string of the molecule is Cc1ccc(-c2cc(C(=O)O)on2)cc1. The lowest BCUT2D eigenvalue weighted by molar-refractivity contribution is 0.0652. The maximum absolute atomic E-state index is 10.6. The minimum Gasteiger partial charge on any atom is -0.475 e. The Kier molecular flexibility index (Phi) is 2.25. The summed E-state index contributed by atoms with van der Waals surface area (Å²) in [5, 5.41) is 12.3. The van der Waals surface area contributed by atoms with Crippen LogP contribution in [-0.4, -0.2) is 16.2 Å². The molecule has 0 radical (unpaired) electrons. The van der Waals surface area contributed by atoms with E-state index in [-0.39, 0.29) is 5.76 Å². The van der Waals surface area contributed by atoms with Crippen molar-refractivity contribution in [3.05, 3.63) is 41.7 Å². The van der Waals surface area contributed by atoms with Gasteiger partial charge in [-0.3, -0.25) is 0 Å². The largest absolute Gasteiger partial charge is 0.475 e. The van der Waals surface area contributed by atoms with Crippen LogP contribution >= 0.6 is 0 Å². The van der Waals surface area contributed by atoms with Crippen molar-refractivity contribution in [3.8, 4) is 11.3 Å². The molecule has 15 heavy (non-hydrogen) atoms. The standard InChI is InChI=1S/C11H9NO3/c1-7-2-4-8(5-3-7)9-6-10(11(13)14)15-12-9/h2-6H,1H3,(H,13,14). The summed E-state index contributed by atoms with van der Waals surface area (Å²) in [6.45, 7) is 1.98. The van der Waals surface area contributed by atoms with Crippen LogP contribution in [0, 0.1) is 6.92 Å². The van der Waals surface area contributed by atoms with Crippen LogP contribution in [0.25, 0.3) is 11.3 Å². The van der Waals surface area contributed by atoms with E-state index in [0.717, 1.165) is 11.1 Å². The average molecular weight is 203 g/mol. The molecule has 1 N–H and O–H groups in total. The lowest BCUT2D eigenvalue weighted by Crippen LogP contribution is -1.91. The maximum atomic E-state index is 10.6. The zero-order chi connectivity index (χ0) is 10.8. The summed E-state index contributed by atoms with van der Waals surface area (Å²) < 4.78 is 4.66. The van der Waals surface area contributed by atoms with E-state index in [1.165, 1.54) is 6.07 Å². The van der Waals surface area contributed by atoms with Crippen LogP contribution in [0.2, 0.25) is 0 Å². The molecule has 4 nitrogen and oxygen atoms in total. The number of benzene rings is 1. The normalized spacial score (nSPS) is 10.2. The Morgan fingerprint density at radius 3 is 2.53 bits per heavy atom. The van der Waals surface area contributed by atoms with E-state index in [4.69, 9.17) is 5.11 Å². The van der Waals surface area contributed by atoms with E-state index in [0.29, 0.717) is 5.69 Å². The summed E-state index contributed by atoms with van der Waals surface area (Å²) in [5.74, 6) is -1.26. The van der Waals surface area contributed by atoms with E-state index in [1.807, 2.05) is 31.2 Å². The molecule has 76 valence electrons. The number of hydrogen-bond donors (Lipinski definition) is 1. The predicted octanol–water partition coefficient (Wildman–Crippen LogP) is 2.35. The van der Waals surface area contributed by atoms with Gasteiger partial charge in [-0.15, -0.1) is 0 Å². The zero-order valence-corrected chi connectivity index (χ0v) is 8.10. The van der Waals surface area contributed by atoms with Gasteiger partial charge in [-0.2, -0.15) is 0 Å². The molecule has 0 saturated carbocycles. The van der Waals surface area contributed by atoms with Crippen molar-refractivity contribution in [2.45, 2.75) is 6.92 Å². The number of carboxylic acid groups (broad SMARTS) is 1. The molecule has 0 saturated heterocycles. The summed E-state index contributed by atoms with van der Waals surface area (Å²) in [6.07, 6.45) is 0. The topological polar surface area (TPSA) is 63.3 Å². The van der Waals surface area contributed by atoms with Gasteiger partial charge < -0.3 is 9.63 Å². The molecule has 0 amide bonds. The lowest BCUT2D eigenvalue weighted by Gasteiger charge is -1.94. The zero-order valence-electron chi connectivity index (χ0n) is 8.10. The summed E-state index contributed by atoms with van der Waals surface area (Å²) in [6, 6.07) is 9.03. The fourth-order valence-corrected chi connectivity index (χ4v) is 1.24. The third-order valence-electron chi connectivity index (χ3n) is 2.07.